The molecule has 190 valence electrons. The summed E-state index contributed by atoms with van der Waals surface area (Å²) in [6.07, 6.45) is 2.02. The number of urea groups is 1. The van der Waals surface area contributed by atoms with Gasteiger partial charge in [0.15, 0.2) is 0 Å². The van der Waals surface area contributed by atoms with E-state index in [4.69, 9.17) is 4.74 Å². The molecule has 1 heterocycles. The molecule has 0 radical (unpaired) electrons. The number of methoxy groups -OCH3 is 1. The number of carbonyl (C=O) groups is 2. The zero-order chi connectivity index (χ0) is 25.8. The lowest BCUT2D eigenvalue weighted by molar-refractivity contribution is -0.137. The van der Waals surface area contributed by atoms with E-state index in [9.17, 15) is 23.5 Å². The highest BCUT2D eigenvalue weighted by atomic mass is 19.1. The average molecular weight is 490 g/mol. The van der Waals surface area contributed by atoms with Gasteiger partial charge >= 0.3 is 12.0 Å². The van der Waals surface area contributed by atoms with Gasteiger partial charge in [0.25, 0.3) is 0 Å². The van der Waals surface area contributed by atoms with Crippen LogP contribution in [0.1, 0.15) is 57.9 Å². The van der Waals surface area contributed by atoms with Crippen LogP contribution >= 0.6 is 0 Å². The van der Waals surface area contributed by atoms with Gasteiger partial charge in [0, 0.05) is 12.6 Å². The molecule has 1 aliphatic heterocycles. The number of anilines is 3. The number of nitrogens with zero attached hydrogens (tertiary/aromatic N) is 1. The molecular weight excluding hydrogens is 456 g/mol. The molecule has 2 aromatic carbocycles. The van der Waals surface area contributed by atoms with E-state index >= 15 is 0 Å². The molecule has 3 rings (SSSR count). The number of halogens is 2. The van der Waals surface area contributed by atoms with Crippen LogP contribution in [-0.2, 0) is 4.79 Å². The Morgan fingerprint density at radius 2 is 1.91 bits per heavy atom. The van der Waals surface area contributed by atoms with Crippen molar-refractivity contribution in [3.8, 4) is 5.75 Å². The van der Waals surface area contributed by atoms with Crippen molar-refractivity contribution in [2.75, 3.05) is 29.2 Å². The summed E-state index contributed by atoms with van der Waals surface area (Å²) < 4.78 is 34.3. The SMILES string of the molecule is CCC(CC(=O)O)c1ccc(N2CCCC2C(C)(C)F)c(NC(=O)Nc2ccc(OC)cc2F)c1. The summed E-state index contributed by atoms with van der Waals surface area (Å²) in [5.74, 6) is -1.50. The number of aliphatic carboxylic acids is 1. The number of hydrogen-bond acceptors (Lipinski definition) is 4. The van der Waals surface area contributed by atoms with Crippen molar-refractivity contribution >= 4 is 29.1 Å². The van der Waals surface area contributed by atoms with Gasteiger partial charge in [0.05, 0.1) is 36.6 Å². The summed E-state index contributed by atoms with van der Waals surface area (Å²) in [5, 5.41) is 14.6. The number of benzene rings is 2. The molecule has 0 bridgehead atoms. The standard InChI is InChI=1S/C26H33F2N3O4/c1-5-16(14-24(32)33)17-8-11-22(31-12-6-7-23(31)26(2,3)28)21(13-17)30-25(34)29-20-10-9-18(35-4)15-19(20)27/h8-11,13,15-16,23H,5-7,12,14H2,1-4H3,(H,32,33)(H2,29,30,34). The van der Waals surface area contributed by atoms with Gasteiger partial charge in [-0.1, -0.05) is 13.0 Å². The monoisotopic (exact) mass is 489 g/mol. The second-order valence-electron chi connectivity index (χ2n) is 9.32. The molecule has 0 spiro atoms. The molecule has 1 aliphatic rings. The van der Waals surface area contributed by atoms with Gasteiger partial charge < -0.3 is 25.4 Å². The molecule has 0 saturated carbocycles. The van der Waals surface area contributed by atoms with E-state index in [0.29, 0.717) is 36.5 Å². The number of hydrogen-bond donors (Lipinski definition) is 3. The van der Waals surface area contributed by atoms with Crippen LogP contribution in [0.2, 0.25) is 0 Å². The first-order chi connectivity index (χ1) is 16.5. The highest BCUT2D eigenvalue weighted by Crippen LogP contribution is 2.39. The van der Waals surface area contributed by atoms with Crippen molar-refractivity contribution in [1.29, 1.82) is 0 Å². The fraction of sp³-hybridized carbons (Fsp3) is 0.462. The molecule has 1 fully saturated rings. The number of rotatable bonds is 9. The normalized spacial score (nSPS) is 16.6. The predicted molar refractivity (Wildman–Crippen MR) is 133 cm³/mol. The van der Waals surface area contributed by atoms with E-state index < -0.39 is 23.5 Å². The second-order valence-corrected chi connectivity index (χ2v) is 9.32. The molecule has 35 heavy (non-hydrogen) atoms. The van der Waals surface area contributed by atoms with Gasteiger partial charge in [0.1, 0.15) is 17.2 Å². The van der Waals surface area contributed by atoms with Crippen molar-refractivity contribution in [3.63, 3.8) is 0 Å². The number of carboxylic acid groups (broad SMARTS) is 1. The number of nitrogens with one attached hydrogen (secondary N) is 2. The number of alkyl halides is 1. The smallest absolute Gasteiger partial charge is 0.323 e. The summed E-state index contributed by atoms with van der Waals surface area (Å²) in [7, 11) is 1.42. The molecule has 2 amide bonds. The minimum Gasteiger partial charge on any atom is -0.497 e. The lowest BCUT2D eigenvalue weighted by Crippen LogP contribution is -2.43. The Bertz CT molecular complexity index is 1070. The number of amides is 2. The molecule has 2 unspecified atom stereocenters. The Kier molecular flexibility index (Phi) is 8.19. The largest absolute Gasteiger partial charge is 0.497 e. The van der Waals surface area contributed by atoms with Crippen LogP contribution < -0.4 is 20.3 Å². The van der Waals surface area contributed by atoms with Crippen molar-refractivity contribution < 1.29 is 28.2 Å². The van der Waals surface area contributed by atoms with E-state index in [2.05, 4.69) is 10.6 Å². The quantitative estimate of drug-likeness (QED) is 0.392. The van der Waals surface area contributed by atoms with Crippen molar-refractivity contribution in [2.24, 2.45) is 0 Å². The van der Waals surface area contributed by atoms with Gasteiger partial charge in [-0.25, -0.2) is 13.6 Å². The zero-order valence-electron chi connectivity index (χ0n) is 20.5. The number of carbonyl (C=O) groups excluding carboxylic acids is 1. The third kappa shape index (κ3) is 6.41. The summed E-state index contributed by atoms with van der Waals surface area (Å²) in [6.45, 7) is 5.59. The lowest BCUT2D eigenvalue weighted by Gasteiger charge is -2.35. The van der Waals surface area contributed by atoms with Gasteiger partial charge in [0.2, 0.25) is 0 Å². The maximum absolute atomic E-state index is 15.0. The third-order valence-corrected chi connectivity index (χ3v) is 6.43. The molecular formula is C26H33F2N3O4. The van der Waals surface area contributed by atoms with Gasteiger partial charge in [-0.3, -0.25) is 4.79 Å². The van der Waals surface area contributed by atoms with Crippen LogP contribution in [0.4, 0.5) is 30.6 Å². The van der Waals surface area contributed by atoms with Crippen molar-refractivity contribution in [1.82, 2.24) is 0 Å². The lowest BCUT2D eigenvalue weighted by atomic mass is 9.92. The maximum Gasteiger partial charge on any atom is 0.323 e. The van der Waals surface area contributed by atoms with Crippen LogP contribution in [0.3, 0.4) is 0 Å². The van der Waals surface area contributed by atoms with Gasteiger partial charge in [-0.05, 0) is 68.9 Å². The highest BCUT2D eigenvalue weighted by Gasteiger charge is 2.38. The Hall–Kier alpha value is -3.36. The Labute approximate surface area is 204 Å². The third-order valence-electron chi connectivity index (χ3n) is 6.43. The summed E-state index contributed by atoms with van der Waals surface area (Å²) in [5.41, 5.74) is 0.310. The number of carboxylic acids is 1. The summed E-state index contributed by atoms with van der Waals surface area (Å²) in [6, 6.07) is 8.40. The van der Waals surface area contributed by atoms with E-state index in [1.54, 1.807) is 12.1 Å². The molecule has 9 heteroatoms. The Morgan fingerprint density at radius 3 is 2.51 bits per heavy atom. The molecule has 3 N–H and O–H groups in total. The first-order valence-electron chi connectivity index (χ1n) is 11.8. The molecule has 1 saturated heterocycles. The molecule has 2 aromatic rings. The van der Waals surface area contributed by atoms with Crippen LogP contribution in [0.25, 0.3) is 0 Å². The van der Waals surface area contributed by atoms with E-state index in [0.717, 1.165) is 18.1 Å². The fourth-order valence-corrected chi connectivity index (χ4v) is 4.64. The zero-order valence-corrected chi connectivity index (χ0v) is 20.5. The predicted octanol–water partition coefficient (Wildman–Crippen LogP) is 6.16. The molecule has 0 aromatic heterocycles. The van der Waals surface area contributed by atoms with Crippen molar-refractivity contribution in [2.45, 2.75) is 64.1 Å². The minimum atomic E-state index is -1.46. The minimum absolute atomic E-state index is 0.0257. The van der Waals surface area contributed by atoms with E-state index in [1.807, 2.05) is 17.9 Å². The molecule has 0 aliphatic carbocycles. The second kappa shape index (κ2) is 10.9. The molecule has 2 atom stereocenters. The Morgan fingerprint density at radius 1 is 1.20 bits per heavy atom. The number of ether oxygens (including phenoxy) is 1. The fourth-order valence-electron chi connectivity index (χ4n) is 4.64. The van der Waals surface area contributed by atoms with Crippen LogP contribution in [0, 0.1) is 5.82 Å². The van der Waals surface area contributed by atoms with E-state index in [1.165, 1.54) is 33.1 Å². The molecule has 7 nitrogen and oxygen atoms in total. The first-order valence-corrected chi connectivity index (χ1v) is 11.8. The maximum atomic E-state index is 15.0. The summed E-state index contributed by atoms with van der Waals surface area (Å²) >= 11 is 0. The Balaban J connectivity index is 1.94. The van der Waals surface area contributed by atoms with Crippen LogP contribution in [0.15, 0.2) is 36.4 Å². The summed E-state index contributed by atoms with van der Waals surface area (Å²) in [4.78, 5) is 26.1. The van der Waals surface area contributed by atoms with Crippen LogP contribution in [-0.4, -0.2) is 42.5 Å². The first kappa shape index (κ1) is 26.2. The van der Waals surface area contributed by atoms with Crippen LogP contribution in [0.5, 0.6) is 5.75 Å². The topological polar surface area (TPSA) is 90.9 Å². The van der Waals surface area contributed by atoms with Gasteiger partial charge in [-0.15, -0.1) is 0 Å². The van der Waals surface area contributed by atoms with Gasteiger partial charge in [-0.2, -0.15) is 0 Å². The van der Waals surface area contributed by atoms with Crippen molar-refractivity contribution in [3.05, 3.63) is 47.8 Å². The highest BCUT2D eigenvalue weighted by molar-refractivity contribution is 6.02. The average Bonchev–Trinajstić information content (AvgIpc) is 3.29. The van der Waals surface area contributed by atoms with E-state index in [-0.39, 0.29) is 24.1 Å².